The second kappa shape index (κ2) is 4.20. The summed E-state index contributed by atoms with van der Waals surface area (Å²) in [6, 6.07) is 0. The summed E-state index contributed by atoms with van der Waals surface area (Å²) in [5.41, 5.74) is 0. The topological polar surface area (TPSA) is 58.2 Å². The maximum Gasteiger partial charge on any atom is 0.208 e. The van der Waals surface area contributed by atoms with Gasteiger partial charge in [-0.1, -0.05) is 0 Å². The lowest BCUT2D eigenvalue weighted by Crippen LogP contribution is -2.37. The van der Waals surface area contributed by atoms with Gasteiger partial charge in [0, 0.05) is 6.54 Å². The highest BCUT2D eigenvalue weighted by Crippen LogP contribution is 2.08. The van der Waals surface area contributed by atoms with Gasteiger partial charge in [0.2, 0.25) is 10.0 Å². The summed E-state index contributed by atoms with van der Waals surface area (Å²) in [6.45, 7) is 2.57. The molecule has 0 radical (unpaired) electrons. The van der Waals surface area contributed by atoms with Crippen LogP contribution in [0.1, 0.15) is 12.8 Å². The molecule has 1 rings (SSSR count). The molecule has 0 spiro atoms. The largest absolute Gasteiger partial charge is 0.316 e. The van der Waals surface area contributed by atoms with E-state index >= 15 is 0 Å². The lowest BCUT2D eigenvalue weighted by Gasteiger charge is -2.22. The van der Waals surface area contributed by atoms with Crippen LogP contribution in [-0.4, -0.2) is 34.3 Å². The Bertz CT molecular complexity index is 220. The van der Waals surface area contributed by atoms with Gasteiger partial charge in [-0.3, -0.25) is 0 Å². The van der Waals surface area contributed by atoms with Gasteiger partial charge in [-0.2, -0.15) is 0 Å². The molecule has 1 atom stereocenters. The number of hydrogen-bond donors (Lipinski definition) is 2. The Kier molecular flexibility index (Phi) is 3.49. The fraction of sp³-hybridized carbons (Fsp3) is 1.00. The summed E-state index contributed by atoms with van der Waals surface area (Å²) in [5.74, 6) is 0.466. The fourth-order valence-corrected chi connectivity index (χ4v) is 1.91. The second-order valence-electron chi connectivity index (χ2n) is 3.33. The van der Waals surface area contributed by atoms with E-state index in [-0.39, 0.29) is 0 Å². The first kappa shape index (κ1) is 9.95. The van der Waals surface area contributed by atoms with Crippen LogP contribution in [0.25, 0.3) is 0 Å². The first-order valence-electron chi connectivity index (χ1n) is 4.23. The van der Waals surface area contributed by atoms with Gasteiger partial charge in [-0.05, 0) is 31.8 Å². The van der Waals surface area contributed by atoms with Crippen LogP contribution < -0.4 is 10.0 Å². The van der Waals surface area contributed by atoms with Crippen molar-refractivity contribution >= 4 is 10.0 Å². The molecule has 1 heterocycles. The molecule has 0 aromatic rings. The molecule has 4 nitrogen and oxygen atoms in total. The van der Waals surface area contributed by atoms with E-state index in [1.807, 2.05) is 0 Å². The monoisotopic (exact) mass is 192 g/mol. The molecule has 0 aromatic carbocycles. The number of sulfonamides is 1. The molecular weight excluding hydrogens is 176 g/mol. The van der Waals surface area contributed by atoms with Crippen molar-refractivity contribution in [2.75, 3.05) is 25.9 Å². The molecule has 0 bridgehead atoms. The first-order valence-corrected chi connectivity index (χ1v) is 6.12. The Balaban J connectivity index is 2.22. The van der Waals surface area contributed by atoms with Crippen molar-refractivity contribution in [3.8, 4) is 0 Å². The third-order valence-corrected chi connectivity index (χ3v) is 2.72. The predicted octanol–water partition coefficient (Wildman–Crippen LogP) is -0.465. The van der Waals surface area contributed by atoms with Crippen LogP contribution in [0.15, 0.2) is 0 Å². The zero-order chi connectivity index (χ0) is 9.03. The van der Waals surface area contributed by atoms with Crippen LogP contribution in [0.3, 0.4) is 0 Å². The number of piperidine rings is 1. The van der Waals surface area contributed by atoms with Crippen molar-refractivity contribution in [1.82, 2.24) is 10.0 Å². The summed E-state index contributed by atoms with van der Waals surface area (Å²) in [6.07, 6.45) is 3.47. The Hall–Kier alpha value is -0.130. The van der Waals surface area contributed by atoms with Crippen LogP contribution in [0, 0.1) is 5.92 Å². The molecule has 1 fully saturated rings. The lowest BCUT2D eigenvalue weighted by atomic mass is 10.0. The van der Waals surface area contributed by atoms with E-state index in [4.69, 9.17) is 0 Å². The molecule has 72 valence electrons. The Morgan fingerprint density at radius 1 is 1.58 bits per heavy atom. The SMILES string of the molecule is CS(=O)(=O)NC[C@@H]1CCCNC1. The van der Waals surface area contributed by atoms with Gasteiger partial charge in [-0.25, -0.2) is 13.1 Å². The summed E-state index contributed by atoms with van der Waals surface area (Å²) in [7, 11) is -3.00. The van der Waals surface area contributed by atoms with Gasteiger partial charge in [0.1, 0.15) is 0 Å². The summed E-state index contributed by atoms with van der Waals surface area (Å²) >= 11 is 0. The molecule has 12 heavy (non-hydrogen) atoms. The number of nitrogens with one attached hydrogen (secondary N) is 2. The van der Waals surface area contributed by atoms with E-state index in [1.54, 1.807) is 0 Å². The molecule has 1 aliphatic heterocycles. The molecule has 5 heteroatoms. The Morgan fingerprint density at radius 2 is 2.33 bits per heavy atom. The minimum absolute atomic E-state index is 0.466. The van der Waals surface area contributed by atoms with Gasteiger partial charge in [0.15, 0.2) is 0 Å². The molecule has 1 aliphatic rings. The highest BCUT2D eigenvalue weighted by atomic mass is 32.2. The highest BCUT2D eigenvalue weighted by Gasteiger charge is 2.13. The smallest absolute Gasteiger partial charge is 0.208 e. The molecule has 0 saturated carbocycles. The van der Waals surface area contributed by atoms with Gasteiger partial charge < -0.3 is 5.32 Å². The highest BCUT2D eigenvalue weighted by molar-refractivity contribution is 7.88. The van der Waals surface area contributed by atoms with Crippen molar-refractivity contribution in [3.05, 3.63) is 0 Å². The van der Waals surface area contributed by atoms with Gasteiger partial charge >= 0.3 is 0 Å². The second-order valence-corrected chi connectivity index (χ2v) is 5.17. The zero-order valence-electron chi connectivity index (χ0n) is 7.34. The maximum atomic E-state index is 10.7. The van der Waals surface area contributed by atoms with E-state index < -0.39 is 10.0 Å². The average Bonchev–Trinajstić information content (AvgIpc) is 2.02. The maximum absolute atomic E-state index is 10.7. The van der Waals surface area contributed by atoms with Crippen molar-refractivity contribution in [1.29, 1.82) is 0 Å². The number of hydrogen-bond acceptors (Lipinski definition) is 3. The van der Waals surface area contributed by atoms with E-state index in [0.717, 1.165) is 25.9 Å². The standard InChI is InChI=1S/C7H16N2O2S/c1-12(10,11)9-6-7-3-2-4-8-5-7/h7-9H,2-6H2,1H3/t7-/m1/s1. The van der Waals surface area contributed by atoms with Crippen LogP contribution >= 0.6 is 0 Å². The predicted molar refractivity (Wildman–Crippen MR) is 48.4 cm³/mol. The summed E-state index contributed by atoms with van der Waals surface area (Å²) in [5, 5.41) is 3.24. The van der Waals surface area contributed by atoms with E-state index in [1.165, 1.54) is 6.26 Å². The minimum atomic E-state index is -3.00. The van der Waals surface area contributed by atoms with Crippen molar-refractivity contribution in [3.63, 3.8) is 0 Å². The van der Waals surface area contributed by atoms with Crippen molar-refractivity contribution in [2.24, 2.45) is 5.92 Å². The zero-order valence-corrected chi connectivity index (χ0v) is 8.15. The molecule has 0 amide bonds. The molecule has 1 saturated heterocycles. The third-order valence-electron chi connectivity index (χ3n) is 2.03. The first-order chi connectivity index (χ1) is 5.58. The van der Waals surface area contributed by atoms with Crippen LogP contribution in [0.4, 0.5) is 0 Å². The van der Waals surface area contributed by atoms with Gasteiger partial charge in [0.05, 0.1) is 6.26 Å². The van der Waals surface area contributed by atoms with Gasteiger partial charge in [-0.15, -0.1) is 0 Å². The van der Waals surface area contributed by atoms with E-state index in [9.17, 15) is 8.42 Å². The molecule has 0 aliphatic carbocycles. The van der Waals surface area contributed by atoms with E-state index in [0.29, 0.717) is 12.5 Å². The molecule has 0 aromatic heterocycles. The fourth-order valence-electron chi connectivity index (χ4n) is 1.37. The van der Waals surface area contributed by atoms with Gasteiger partial charge in [0.25, 0.3) is 0 Å². The summed E-state index contributed by atoms with van der Waals surface area (Å²) < 4.78 is 24.0. The Labute approximate surface area is 73.8 Å². The van der Waals surface area contributed by atoms with Crippen LogP contribution in [0.2, 0.25) is 0 Å². The van der Waals surface area contributed by atoms with Crippen molar-refractivity contribution < 1.29 is 8.42 Å². The number of rotatable bonds is 3. The molecular formula is C7H16N2O2S. The van der Waals surface area contributed by atoms with Crippen molar-refractivity contribution in [2.45, 2.75) is 12.8 Å². The lowest BCUT2D eigenvalue weighted by molar-refractivity contribution is 0.376. The quantitative estimate of drug-likeness (QED) is 0.636. The van der Waals surface area contributed by atoms with E-state index in [2.05, 4.69) is 10.0 Å². The molecule has 0 unspecified atom stereocenters. The Morgan fingerprint density at radius 3 is 2.83 bits per heavy atom. The van der Waals surface area contributed by atoms with Crippen LogP contribution in [-0.2, 0) is 10.0 Å². The van der Waals surface area contributed by atoms with Crippen LogP contribution in [0.5, 0.6) is 0 Å². The normalized spacial score (nSPS) is 25.6. The average molecular weight is 192 g/mol. The third kappa shape index (κ3) is 4.04. The summed E-state index contributed by atoms with van der Waals surface area (Å²) in [4.78, 5) is 0. The minimum Gasteiger partial charge on any atom is -0.316 e. The molecule has 2 N–H and O–H groups in total.